The van der Waals surface area contributed by atoms with Crippen LogP contribution in [-0.4, -0.2) is 31.6 Å². The third-order valence-corrected chi connectivity index (χ3v) is 5.21. The summed E-state index contributed by atoms with van der Waals surface area (Å²) in [6.07, 6.45) is 0. The molecular weight excluding hydrogens is 366 g/mol. The largest absolute Gasteiger partial charge is 0.465 e. The monoisotopic (exact) mass is 383 g/mol. The first-order chi connectivity index (χ1) is 13.0. The first-order valence-electron chi connectivity index (χ1n) is 8.13. The molecule has 0 bridgehead atoms. The van der Waals surface area contributed by atoms with Crippen molar-refractivity contribution < 1.29 is 23.9 Å². The lowest BCUT2D eigenvalue weighted by Gasteiger charge is -2.07. The van der Waals surface area contributed by atoms with Gasteiger partial charge >= 0.3 is 11.9 Å². The number of amides is 1. The minimum atomic E-state index is -0.523. The average molecular weight is 383 g/mol. The highest BCUT2D eigenvalue weighted by Gasteiger charge is 2.17. The molecule has 138 valence electrons. The smallest absolute Gasteiger partial charge is 0.349 e. The Kier molecular flexibility index (Phi) is 5.52. The first-order valence-corrected chi connectivity index (χ1v) is 8.94. The molecule has 7 heteroatoms. The SMILES string of the molecule is COC(=O)c1ccc(NC(=O)COC(=O)c2sc3ccccc3c2C)cc1. The molecule has 2 aromatic carbocycles. The van der Waals surface area contributed by atoms with Gasteiger partial charge in [0.2, 0.25) is 0 Å². The number of benzene rings is 2. The van der Waals surface area contributed by atoms with Crippen LogP contribution in [0, 0.1) is 6.92 Å². The third kappa shape index (κ3) is 4.15. The Morgan fingerprint density at radius 2 is 1.70 bits per heavy atom. The van der Waals surface area contributed by atoms with Gasteiger partial charge in [0.1, 0.15) is 4.88 Å². The number of nitrogens with one attached hydrogen (secondary N) is 1. The number of anilines is 1. The highest BCUT2D eigenvalue weighted by atomic mass is 32.1. The van der Waals surface area contributed by atoms with E-state index in [2.05, 4.69) is 10.1 Å². The second kappa shape index (κ2) is 8.01. The molecular formula is C20H17NO5S. The molecule has 0 saturated heterocycles. The Labute approximate surface area is 159 Å². The lowest BCUT2D eigenvalue weighted by Crippen LogP contribution is -2.20. The van der Waals surface area contributed by atoms with Gasteiger partial charge in [0, 0.05) is 10.4 Å². The van der Waals surface area contributed by atoms with Crippen molar-refractivity contribution in [3.63, 3.8) is 0 Å². The van der Waals surface area contributed by atoms with Crippen LogP contribution < -0.4 is 5.32 Å². The summed E-state index contributed by atoms with van der Waals surface area (Å²) in [6, 6.07) is 13.9. The van der Waals surface area contributed by atoms with Crippen molar-refractivity contribution in [1.29, 1.82) is 0 Å². The quantitative estimate of drug-likeness (QED) is 0.678. The van der Waals surface area contributed by atoms with Crippen LogP contribution in [0.2, 0.25) is 0 Å². The standard InChI is InChI=1S/C20H17NO5S/c1-12-15-5-3-4-6-16(15)27-18(12)20(24)26-11-17(22)21-14-9-7-13(8-10-14)19(23)25-2/h3-10H,11H2,1-2H3,(H,21,22). The minimum absolute atomic E-state index is 0.377. The number of aryl methyl sites for hydroxylation is 1. The van der Waals surface area contributed by atoms with E-state index in [0.717, 1.165) is 15.6 Å². The number of fused-ring (bicyclic) bond motifs is 1. The summed E-state index contributed by atoms with van der Waals surface area (Å²) in [4.78, 5) is 36.2. The summed E-state index contributed by atoms with van der Waals surface area (Å²) in [7, 11) is 1.30. The van der Waals surface area contributed by atoms with E-state index in [4.69, 9.17) is 4.74 Å². The molecule has 0 radical (unpaired) electrons. The van der Waals surface area contributed by atoms with Gasteiger partial charge < -0.3 is 14.8 Å². The van der Waals surface area contributed by atoms with E-state index in [-0.39, 0.29) is 0 Å². The number of hydrogen-bond donors (Lipinski definition) is 1. The Balaban J connectivity index is 1.59. The van der Waals surface area contributed by atoms with Crippen LogP contribution in [0.1, 0.15) is 25.6 Å². The van der Waals surface area contributed by atoms with Gasteiger partial charge in [-0.2, -0.15) is 0 Å². The van der Waals surface area contributed by atoms with Crippen molar-refractivity contribution in [3.8, 4) is 0 Å². The van der Waals surface area contributed by atoms with E-state index in [9.17, 15) is 14.4 Å². The van der Waals surface area contributed by atoms with Crippen molar-refractivity contribution in [3.05, 3.63) is 64.5 Å². The fraction of sp³-hybridized carbons (Fsp3) is 0.150. The molecule has 0 aliphatic heterocycles. The van der Waals surface area contributed by atoms with Crippen LogP contribution in [0.3, 0.4) is 0 Å². The molecule has 0 aliphatic carbocycles. The highest BCUT2D eigenvalue weighted by Crippen LogP contribution is 2.30. The molecule has 1 heterocycles. The molecule has 0 aliphatic rings. The van der Waals surface area contributed by atoms with Crippen molar-refractivity contribution >= 4 is 45.0 Å². The Bertz CT molecular complexity index is 1010. The van der Waals surface area contributed by atoms with E-state index in [1.807, 2.05) is 31.2 Å². The number of carbonyl (C=O) groups excluding carboxylic acids is 3. The lowest BCUT2D eigenvalue weighted by atomic mass is 10.1. The molecule has 0 unspecified atom stereocenters. The predicted octanol–water partition coefficient (Wildman–Crippen LogP) is 3.79. The maximum absolute atomic E-state index is 12.3. The summed E-state index contributed by atoms with van der Waals surface area (Å²) in [6.45, 7) is 1.46. The van der Waals surface area contributed by atoms with E-state index in [1.165, 1.54) is 30.6 Å². The van der Waals surface area contributed by atoms with E-state index in [0.29, 0.717) is 16.1 Å². The maximum Gasteiger partial charge on any atom is 0.349 e. The van der Waals surface area contributed by atoms with Crippen molar-refractivity contribution in [2.45, 2.75) is 6.92 Å². The fourth-order valence-corrected chi connectivity index (χ4v) is 3.67. The van der Waals surface area contributed by atoms with Gasteiger partial charge in [-0.1, -0.05) is 18.2 Å². The normalized spacial score (nSPS) is 10.4. The number of ether oxygens (including phenoxy) is 2. The summed E-state index contributed by atoms with van der Waals surface area (Å²) in [5.74, 6) is -1.45. The maximum atomic E-state index is 12.3. The molecule has 1 amide bonds. The van der Waals surface area contributed by atoms with Crippen LogP contribution in [0.15, 0.2) is 48.5 Å². The molecule has 0 fully saturated rings. The first kappa shape index (κ1) is 18.6. The molecule has 0 spiro atoms. The van der Waals surface area contributed by atoms with Crippen molar-refractivity contribution in [2.75, 3.05) is 19.0 Å². The minimum Gasteiger partial charge on any atom is -0.465 e. The van der Waals surface area contributed by atoms with Crippen LogP contribution in [0.4, 0.5) is 5.69 Å². The molecule has 0 atom stereocenters. The second-order valence-corrected chi connectivity index (χ2v) is 6.80. The summed E-state index contributed by atoms with van der Waals surface area (Å²) >= 11 is 1.34. The zero-order valence-corrected chi connectivity index (χ0v) is 15.6. The molecule has 27 heavy (non-hydrogen) atoms. The van der Waals surface area contributed by atoms with Gasteiger partial charge in [-0.3, -0.25) is 4.79 Å². The Morgan fingerprint density at radius 3 is 2.37 bits per heavy atom. The molecule has 3 rings (SSSR count). The predicted molar refractivity (Wildman–Crippen MR) is 103 cm³/mol. The highest BCUT2D eigenvalue weighted by molar-refractivity contribution is 7.21. The number of thiophene rings is 1. The van der Waals surface area contributed by atoms with Gasteiger partial charge in [-0.15, -0.1) is 11.3 Å². The lowest BCUT2D eigenvalue weighted by molar-refractivity contribution is -0.119. The van der Waals surface area contributed by atoms with Gasteiger partial charge in [0.25, 0.3) is 5.91 Å². The number of methoxy groups -OCH3 is 1. The van der Waals surface area contributed by atoms with Gasteiger partial charge in [0.05, 0.1) is 12.7 Å². The number of hydrogen-bond acceptors (Lipinski definition) is 6. The van der Waals surface area contributed by atoms with Crippen LogP contribution in [-0.2, 0) is 14.3 Å². The Hall–Kier alpha value is -3.19. The number of rotatable bonds is 5. The molecule has 1 N–H and O–H groups in total. The molecule has 3 aromatic rings. The molecule has 6 nitrogen and oxygen atoms in total. The molecule has 1 aromatic heterocycles. The zero-order valence-electron chi connectivity index (χ0n) is 14.8. The Morgan fingerprint density at radius 1 is 1.00 bits per heavy atom. The van der Waals surface area contributed by atoms with Crippen LogP contribution >= 0.6 is 11.3 Å². The van der Waals surface area contributed by atoms with E-state index >= 15 is 0 Å². The second-order valence-electron chi connectivity index (χ2n) is 5.75. The summed E-state index contributed by atoms with van der Waals surface area (Å²) in [5, 5.41) is 3.61. The number of carbonyl (C=O) groups is 3. The van der Waals surface area contributed by atoms with E-state index < -0.39 is 24.5 Å². The zero-order chi connectivity index (χ0) is 19.4. The topological polar surface area (TPSA) is 81.7 Å². The van der Waals surface area contributed by atoms with Gasteiger partial charge in [0.15, 0.2) is 6.61 Å². The van der Waals surface area contributed by atoms with Crippen molar-refractivity contribution in [2.24, 2.45) is 0 Å². The van der Waals surface area contributed by atoms with Crippen LogP contribution in [0.25, 0.3) is 10.1 Å². The van der Waals surface area contributed by atoms with Gasteiger partial charge in [-0.05, 0) is 48.2 Å². The van der Waals surface area contributed by atoms with E-state index in [1.54, 1.807) is 12.1 Å². The fourth-order valence-electron chi connectivity index (χ4n) is 2.57. The summed E-state index contributed by atoms with van der Waals surface area (Å²) < 4.78 is 10.7. The average Bonchev–Trinajstić information content (AvgIpc) is 3.03. The number of esters is 2. The van der Waals surface area contributed by atoms with Crippen molar-refractivity contribution in [1.82, 2.24) is 0 Å². The summed E-state index contributed by atoms with van der Waals surface area (Å²) in [5.41, 5.74) is 1.71. The van der Waals surface area contributed by atoms with Gasteiger partial charge in [-0.25, -0.2) is 9.59 Å². The molecule has 0 saturated carbocycles. The third-order valence-electron chi connectivity index (χ3n) is 3.95. The van der Waals surface area contributed by atoms with Crippen LogP contribution in [0.5, 0.6) is 0 Å².